The fourth-order valence-corrected chi connectivity index (χ4v) is 2.57. The lowest BCUT2D eigenvalue weighted by Crippen LogP contribution is -2.42. The number of hydrogen-bond acceptors (Lipinski definition) is 4. The largest absolute Gasteiger partial charge is 0.379 e. The zero-order valence-electron chi connectivity index (χ0n) is 12.5. The quantitative estimate of drug-likeness (QED) is 0.733. The molecule has 20 heavy (non-hydrogen) atoms. The van der Waals surface area contributed by atoms with E-state index < -0.39 is 0 Å². The van der Waals surface area contributed by atoms with Crippen LogP contribution in [-0.4, -0.2) is 48.5 Å². The van der Waals surface area contributed by atoms with Crippen molar-refractivity contribution in [3.05, 3.63) is 17.5 Å². The van der Waals surface area contributed by atoms with E-state index in [9.17, 15) is 4.79 Å². The number of rotatable bonds is 6. The summed E-state index contributed by atoms with van der Waals surface area (Å²) in [5, 5.41) is 10.5. The zero-order chi connectivity index (χ0) is 14.5. The number of nitrogens with one attached hydrogen (secondary N) is 2. The summed E-state index contributed by atoms with van der Waals surface area (Å²) < 4.78 is 7.32. The van der Waals surface area contributed by atoms with Gasteiger partial charge in [-0.2, -0.15) is 5.10 Å². The second-order valence-corrected chi connectivity index (χ2v) is 5.33. The van der Waals surface area contributed by atoms with Crippen molar-refractivity contribution in [3.8, 4) is 0 Å². The molecule has 2 heterocycles. The second-order valence-electron chi connectivity index (χ2n) is 5.33. The number of aryl methyl sites for hydroxylation is 3. The number of carbonyl (C=O) groups is 1. The minimum absolute atomic E-state index is 0.0753. The van der Waals surface area contributed by atoms with Gasteiger partial charge in [-0.1, -0.05) is 0 Å². The molecule has 0 aliphatic carbocycles. The van der Waals surface area contributed by atoms with Gasteiger partial charge in [-0.05, 0) is 33.4 Å². The van der Waals surface area contributed by atoms with Crippen molar-refractivity contribution >= 4 is 5.91 Å². The van der Waals surface area contributed by atoms with Crippen LogP contribution in [0.15, 0.2) is 6.07 Å². The molecule has 1 aromatic rings. The van der Waals surface area contributed by atoms with Crippen LogP contribution in [0.25, 0.3) is 0 Å². The number of hydrogen-bond donors (Lipinski definition) is 2. The Morgan fingerprint density at radius 3 is 2.95 bits per heavy atom. The molecule has 1 aromatic heterocycles. The Morgan fingerprint density at radius 2 is 2.30 bits per heavy atom. The number of likely N-dealkylation sites (N-methyl/N-ethyl adjacent to an activating group) is 1. The predicted octanol–water partition coefficient (Wildman–Crippen LogP) is 0.241. The van der Waals surface area contributed by atoms with Gasteiger partial charge in [0.2, 0.25) is 5.91 Å². The summed E-state index contributed by atoms with van der Waals surface area (Å²) in [6, 6.07) is 2.19. The Morgan fingerprint density at radius 1 is 1.50 bits per heavy atom. The molecule has 0 radical (unpaired) electrons. The zero-order valence-corrected chi connectivity index (χ0v) is 12.5. The van der Waals surface area contributed by atoms with Crippen molar-refractivity contribution in [2.75, 3.05) is 26.8 Å². The number of carbonyl (C=O) groups excluding carboxylic acids is 1. The van der Waals surface area contributed by atoms with Crippen LogP contribution in [-0.2, 0) is 16.1 Å². The third-order valence-electron chi connectivity index (χ3n) is 3.74. The summed E-state index contributed by atoms with van der Waals surface area (Å²) in [5.74, 6) is 0.00361. The van der Waals surface area contributed by atoms with E-state index >= 15 is 0 Å². The van der Waals surface area contributed by atoms with Crippen molar-refractivity contribution in [2.24, 2.45) is 5.92 Å². The van der Waals surface area contributed by atoms with Crippen LogP contribution in [0.1, 0.15) is 17.8 Å². The third-order valence-corrected chi connectivity index (χ3v) is 3.74. The lowest BCUT2D eigenvalue weighted by Gasteiger charge is -2.16. The molecule has 1 aliphatic heterocycles. The molecule has 0 spiro atoms. The minimum Gasteiger partial charge on any atom is -0.379 e. The van der Waals surface area contributed by atoms with E-state index in [1.165, 1.54) is 0 Å². The average molecular weight is 280 g/mol. The number of amides is 1. The van der Waals surface area contributed by atoms with E-state index in [-0.39, 0.29) is 17.9 Å². The summed E-state index contributed by atoms with van der Waals surface area (Å²) in [7, 11) is 1.86. The van der Waals surface area contributed by atoms with Crippen LogP contribution in [0.4, 0.5) is 0 Å². The SMILES string of the molecule is CNC1COCC1C(=O)NCCCn1nc(C)cc1C. The van der Waals surface area contributed by atoms with Crippen LogP contribution in [0.3, 0.4) is 0 Å². The van der Waals surface area contributed by atoms with Crippen molar-refractivity contribution in [1.29, 1.82) is 0 Å². The standard InChI is InChI=1S/C14H24N4O2/c1-10-7-11(2)18(17-10)6-4-5-16-14(19)12-8-20-9-13(12)15-3/h7,12-13,15H,4-6,8-9H2,1-3H3,(H,16,19). The Labute approximate surface area is 119 Å². The first kappa shape index (κ1) is 15.0. The van der Waals surface area contributed by atoms with Crippen molar-refractivity contribution in [3.63, 3.8) is 0 Å². The maximum Gasteiger partial charge on any atom is 0.227 e. The number of nitrogens with zero attached hydrogens (tertiary/aromatic N) is 2. The molecule has 1 fully saturated rings. The van der Waals surface area contributed by atoms with E-state index in [2.05, 4.69) is 21.8 Å². The topological polar surface area (TPSA) is 68.2 Å². The molecular weight excluding hydrogens is 256 g/mol. The molecule has 112 valence electrons. The summed E-state index contributed by atoms with van der Waals surface area (Å²) in [4.78, 5) is 12.0. The molecule has 0 aromatic carbocycles. The second kappa shape index (κ2) is 6.85. The lowest BCUT2D eigenvalue weighted by molar-refractivity contribution is -0.125. The molecule has 1 amide bonds. The van der Waals surface area contributed by atoms with Gasteiger partial charge < -0.3 is 15.4 Å². The molecule has 1 aliphatic rings. The van der Waals surface area contributed by atoms with Gasteiger partial charge in [0, 0.05) is 24.8 Å². The monoisotopic (exact) mass is 280 g/mol. The third kappa shape index (κ3) is 3.58. The first-order valence-electron chi connectivity index (χ1n) is 7.15. The van der Waals surface area contributed by atoms with Crippen LogP contribution in [0.2, 0.25) is 0 Å². The highest BCUT2D eigenvalue weighted by molar-refractivity contribution is 5.79. The molecule has 6 heteroatoms. The van der Waals surface area contributed by atoms with E-state index in [4.69, 9.17) is 4.74 Å². The number of ether oxygens (including phenoxy) is 1. The van der Waals surface area contributed by atoms with Crippen molar-refractivity contribution < 1.29 is 9.53 Å². The van der Waals surface area contributed by atoms with Crippen molar-refractivity contribution in [2.45, 2.75) is 32.9 Å². The Kier molecular flexibility index (Phi) is 5.14. The van der Waals surface area contributed by atoms with Gasteiger partial charge in [-0.3, -0.25) is 9.48 Å². The van der Waals surface area contributed by atoms with Gasteiger partial charge in [-0.15, -0.1) is 0 Å². The van der Waals surface area contributed by atoms with E-state index in [0.717, 1.165) is 24.4 Å². The smallest absolute Gasteiger partial charge is 0.227 e. The fourth-order valence-electron chi connectivity index (χ4n) is 2.57. The minimum atomic E-state index is -0.0753. The van der Waals surface area contributed by atoms with Gasteiger partial charge in [0.15, 0.2) is 0 Å². The van der Waals surface area contributed by atoms with Crippen LogP contribution >= 0.6 is 0 Å². The Balaban J connectivity index is 1.70. The van der Waals surface area contributed by atoms with Gasteiger partial charge in [0.05, 0.1) is 24.8 Å². The molecule has 2 rings (SSSR count). The van der Waals surface area contributed by atoms with Crippen molar-refractivity contribution in [1.82, 2.24) is 20.4 Å². The van der Waals surface area contributed by atoms with E-state index in [1.54, 1.807) is 0 Å². The molecule has 0 saturated carbocycles. The highest BCUT2D eigenvalue weighted by Crippen LogP contribution is 2.13. The maximum atomic E-state index is 12.0. The van der Waals surface area contributed by atoms with E-state index in [0.29, 0.717) is 19.8 Å². The average Bonchev–Trinajstić information content (AvgIpc) is 3.01. The van der Waals surface area contributed by atoms with Gasteiger partial charge in [0.1, 0.15) is 0 Å². The summed E-state index contributed by atoms with van der Waals surface area (Å²) in [5.41, 5.74) is 2.19. The molecule has 1 saturated heterocycles. The first-order chi connectivity index (χ1) is 9.61. The molecule has 0 bridgehead atoms. The van der Waals surface area contributed by atoms with Crippen LogP contribution < -0.4 is 10.6 Å². The normalized spacial score (nSPS) is 22.1. The van der Waals surface area contributed by atoms with Crippen LogP contribution in [0, 0.1) is 19.8 Å². The lowest BCUT2D eigenvalue weighted by atomic mass is 10.0. The molecule has 2 unspecified atom stereocenters. The Bertz CT molecular complexity index is 458. The number of aromatic nitrogens is 2. The first-order valence-corrected chi connectivity index (χ1v) is 7.15. The Hall–Kier alpha value is -1.40. The summed E-state index contributed by atoms with van der Waals surface area (Å²) in [6.45, 7) is 6.66. The summed E-state index contributed by atoms with van der Waals surface area (Å²) in [6.07, 6.45) is 0.880. The van der Waals surface area contributed by atoms with E-state index in [1.807, 2.05) is 25.6 Å². The van der Waals surface area contributed by atoms with Gasteiger partial charge in [0.25, 0.3) is 0 Å². The van der Waals surface area contributed by atoms with Crippen LogP contribution in [0.5, 0.6) is 0 Å². The highest BCUT2D eigenvalue weighted by atomic mass is 16.5. The van der Waals surface area contributed by atoms with Gasteiger partial charge >= 0.3 is 0 Å². The molecule has 2 atom stereocenters. The maximum absolute atomic E-state index is 12.0. The highest BCUT2D eigenvalue weighted by Gasteiger charge is 2.32. The van der Waals surface area contributed by atoms with Gasteiger partial charge in [-0.25, -0.2) is 0 Å². The summed E-state index contributed by atoms with van der Waals surface area (Å²) >= 11 is 0. The molecular formula is C14H24N4O2. The molecule has 2 N–H and O–H groups in total. The predicted molar refractivity (Wildman–Crippen MR) is 76.5 cm³/mol. The molecule has 6 nitrogen and oxygen atoms in total. The fraction of sp³-hybridized carbons (Fsp3) is 0.714.